The van der Waals surface area contributed by atoms with Crippen molar-refractivity contribution in [2.75, 3.05) is 38.3 Å². The average molecular weight is 461 g/mol. The molecule has 34 heavy (non-hydrogen) atoms. The molecule has 1 saturated heterocycles. The van der Waals surface area contributed by atoms with Crippen molar-refractivity contribution in [3.63, 3.8) is 0 Å². The minimum Gasteiger partial charge on any atom is -0.496 e. The van der Waals surface area contributed by atoms with Crippen LogP contribution >= 0.6 is 0 Å². The van der Waals surface area contributed by atoms with E-state index in [9.17, 15) is 4.79 Å². The molecule has 5 rings (SSSR count). The maximum Gasteiger partial charge on any atom is 0.251 e. The highest BCUT2D eigenvalue weighted by atomic mass is 16.5. The standard InChI is InChI=1S/C27H32N4O3/c1-18-6-7-21(16-25(18)33-3)27(32)28-19(2)22-15-20(23-17-31-10-4-5-26(31)29-23)8-9-24(22)30-11-13-34-14-12-30/h6-9,15-17,19H,4-5,10-14H2,1-3H3,(H,28,32). The molecule has 1 aromatic heterocycles. The molecule has 7 heteroatoms. The van der Waals surface area contributed by atoms with Gasteiger partial charge in [-0.2, -0.15) is 0 Å². The Labute approximate surface area is 200 Å². The molecule has 0 spiro atoms. The Hall–Kier alpha value is -3.32. The summed E-state index contributed by atoms with van der Waals surface area (Å²) in [5, 5.41) is 3.20. The van der Waals surface area contributed by atoms with Crippen molar-refractivity contribution in [3.8, 4) is 17.0 Å². The Kier molecular flexibility index (Phi) is 6.28. The molecule has 0 saturated carbocycles. The molecule has 1 atom stereocenters. The molecule has 0 aliphatic carbocycles. The number of ether oxygens (including phenoxy) is 2. The summed E-state index contributed by atoms with van der Waals surface area (Å²) >= 11 is 0. The molecule has 1 amide bonds. The highest BCUT2D eigenvalue weighted by molar-refractivity contribution is 5.95. The molecule has 3 heterocycles. The van der Waals surface area contributed by atoms with Gasteiger partial charge in [0.25, 0.3) is 5.91 Å². The molecule has 0 radical (unpaired) electrons. The summed E-state index contributed by atoms with van der Waals surface area (Å²) in [6.07, 6.45) is 4.35. The first-order valence-corrected chi connectivity index (χ1v) is 12.0. The number of morpholine rings is 1. The van der Waals surface area contributed by atoms with Crippen LogP contribution in [0.3, 0.4) is 0 Å². The molecule has 2 aliphatic heterocycles. The molecule has 3 aromatic rings. The maximum absolute atomic E-state index is 13.1. The summed E-state index contributed by atoms with van der Waals surface area (Å²) in [7, 11) is 1.62. The van der Waals surface area contributed by atoms with Crippen LogP contribution in [0.25, 0.3) is 11.3 Å². The lowest BCUT2D eigenvalue weighted by molar-refractivity contribution is 0.0939. The van der Waals surface area contributed by atoms with E-state index in [1.165, 1.54) is 0 Å². The van der Waals surface area contributed by atoms with Gasteiger partial charge < -0.3 is 24.3 Å². The topological polar surface area (TPSA) is 68.6 Å². The van der Waals surface area contributed by atoms with E-state index in [4.69, 9.17) is 14.5 Å². The first-order chi connectivity index (χ1) is 16.5. The van der Waals surface area contributed by atoms with Crippen LogP contribution in [0.4, 0.5) is 5.69 Å². The lowest BCUT2D eigenvalue weighted by Gasteiger charge is -2.32. The number of carbonyl (C=O) groups excluding carboxylic acids is 1. The summed E-state index contributed by atoms with van der Waals surface area (Å²) < 4.78 is 13.2. The van der Waals surface area contributed by atoms with E-state index < -0.39 is 0 Å². The molecular weight excluding hydrogens is 428 g/mol. The second-order valence-electron chi connectivity index (χ2n) is 9.09. The number of nitrogens with one attached hydrogen (secondary N) is 1. The zero-order valence-corrected chi connectivity index (χ0v) is 20.1. The van der Waals surface area contributed by atoms with Gasteiger partial charge in [-0.25, -0.2) is 4.98 Å². The van der Waals surface area contributed by atoms with Crippen LogP contribution in [-0.2, 0) is 17.7 Å². The van der Waals surface area contributed by atoms with Crippen LogP contribution in [0.2, 0.25) is 0 Å². The van der Waals surface area contributed by atoms with E-state index in [-0.39, 0.29) is 11.9 Å². The van der Waals surface area contributed by atoms with Gasteiger partial charge in [-0.05, 0) is 55.7 Å². The summed E-state index contributed by atoms with van der Waals surface area (Å²) in [6.45, 7) is 8.13. The maximum atomic E-state index is 13.1. The Morgan fingerprint density at radius 3 is 2.74 bits per heavy atom. The number of amides is 1. The second kappa shape index (κ2) is 9.50. The second-order valence-corrected chi connectivity index (χ2v) is 9.09. The smallest absolute Gasteiger partial charge is 0.251 e. The van der Waals surface area contributed by atoms with Crippen LogP contribution < -0.4 is 15.0 Å². The first-order valence-electron chi connectivity index (χ1n) is 12.0. The first kappa shape index (κ1) is 22.5. The predicted molar refractivity (Wildman–Crippen MR) is 133 cm³/mol. The number of fused-ring (bicyclic) bond motifs is 1. The molecule has 0 bridgehead atoms. The number of nitrogens with zero attached hydrogens (tertiary/aromatic N) is 3. The van der Waals surface area contributed by atoms with Crippen LogP contribution in [0.15, 0.2) is 42.6 Å². The Balaban J connectivity index is 1.46. The van der Waals surface area contributed by atoms with Crippen molar-refractivity contribution in [2.45, 2.75) is 39.3 Å². The Morgan fingerprint density at radius 1 is 1.15 bits per heavy atom. The third-order valence-corrected chi connectivity index (χ3v) is 6.82. The van der Waals surface area contributed by atoms with Gasteiger partial charge in [-0.1, -0.05) is 12.1 Å². The summed E-state index contributed by atoms with van der Waals surface area (Å²) in [5.41, 5.74) is 5.87. The van der Waals surface area contributed by atoms with E-state index in [0.717, 1.165) is 66.4 Å². The summed E-state index contributed by atoms with van der Waals surface area (Å²) in [4.78, 5) is 20.3. The predicted octanol–water partition coefficient (Wildman–Crippen LogP) is 4.14. The highest BCUT2D eigenvalue weighted by Crippen LogP contribution is 2.33. The zero-order chi connectivity index (χ0) is 23.7. The normalized spacial score (nSPS) is 16.3. The van der Waals surface area contributed by atoms with E-state index in [1.54, 1.807) is 13.2 Å². The van der Waals surface area contributed by atoms with Crippen molar-refractivity contribution in [3.05, 3.63) is 65.1 Å². The van der Waals surface area contributed by atoms with E-state index in [2.05, 4.69) is 39.2 Å². The number of aryl methyl sites for hydroxylation is 3. The van der Waals surface area contributed by atoms with E-state index >= 15 is 0 Å². The van der Waals surface area contributed by atoms with E-state index in [1.807, 2.05) is 26.0 Å². The molecule has 178 valence electrons. The van der Waals surface area contributed by atoms with Gasteiger partial charge >= 0.3 is 0 Å². The number of carbonyl (C=O) groups is 1. The van der Waals surface area contributed by atoms with Crippen molar-refractivity contribution >= 4 is 11.6 Å². The Bertz CT molecular complexity index is 1180. The number of rotatable bonds is 6. The minimum absolute atomic E-state index is 0.120. The van der Waals surface area contributed by atoms with Crippen molar-refractivity contribution < 1.29 is 14.3 Å². The zero-order valence-electron chi connectivity index (χ0n) is 20.1. The van der Waals surface area contributed by atoms with Crippen LogP contribution in [-0.4, -0.2) is 48.9 Å². The van der Waals surface area contributed by atoms with Gasteiger partial charge in [0.05, 0.1) is 32.1 Å². The van der Waals surface area contributed by atoms with Gasteiger partial charge in [0, 0.05) is 49.1 Å². The van der Waals surface area contributed by atoms with Crippen LogP contribution in [0, 0.1) is 6.92 Å². The fraction of sp³-hybridized carbons (Fsp3) is 0.407. The molecule has 7 nitrogen and oxygen atoms in total. The average Bonchev–Trinajstić information content (AvgIpc) is 3.47. The SMILES string of the molecule is COc1cc(C(=O)NC(C)c2cc(-c3cn4c(n3)CCC4)ccc2N2CCOCC2)ccc1C. The number of hydrogen-bond donors (Lipinski definition) is 1. The van der Waals surface area contributed by atoms with Gasteiger partial charge in [0.2, 0.25) is 0 Å². The molecule has 2 aromatic carbocycles. The fourth-order valence-electron chi connectivity index (χ4n) is 4.87. The van der Waals surface area contributed by atoms with Crippen LogP contribution in [0.5, 0.6) is 5.75 Å². The third kappa shape index (κ3) is 4.40. The minimum atomic E-state index is -0.188. The quantitative estimate of drug-likeness (QED) is 0.599. The molecule has 1 fully saturated rings. The molecule has 1 unspecified atom stereocenters. The van der Waals surface area contributed by atoms with Gasteiger partial charge in [-0.15, -0.1) is 0 Å². The number of imidazole rings is 1. The number of hydrogen-bond acceptors (Lipinski definition) is 5. The lowest BCUT2D eigenvalue weighted by atomic mass is 9.99. The summed E-state index contributed by atoms with van der Waals surface area (Å²) in [6, 6.07) is 11.9. The van der Waals surface area contributed by atoms with Gasteiger partial charge in [0.1, 0.15) is 11.6 Å². The van der Waals surface area contributed by atoms with Crippen molar-refractivity contribution in [2.24, 2.45) is 0 Å². The number of methoxy groups -OCH3 is 1. The monoisotopic (exact) mass is 460 g/mol. The van der Waals surface area contributed by atoms with E-state index in [0.29, 0.717) is 24.5 Å². The van der Waals surface area contributed by atoms with Crippen molar-refractivity contribution in [1.82, 2.24) is 14.9 Å². The van der Waals surface area contributed by atoms with Crippen LogP contribution in [0.1, 0.15) is 46.7 Å². The number of aromatic nitrogens is 2. The highest BCUT2D eigenvalue weighted by Gasteiger charge is 2.22. The Morgan fingerprint density at radius 2 is 1.97 bits per heavy atom. The van der Waals surface area contributed by atoms with Gasteiger partial charge in [-0.3, -0.25) is 4.79 Å². The molecular formula is C27H32N4O3. The largest absolute Gasteiger partial charge is 0.496 e. The molecule has 1 N–H and O–H groups in total. The summed E-state index contributed by atoms with van der Waals surface area (Å²) in [5.74, 6) is 1.75. The molecule has 2 aliphatic rings. The van der Waals surface area contributed by atoms with Gasteiger partial charge in [0.15, 0.2) is 0 Å². The number of benzene rings is 2. The lowest BCUT2D eigenvalue weighted by Crippen LogP contribution is -2.37. The third-order valence-electron chi connectivity index (χ3n) is 6.82. The fourth-order valence-corrected chi connectivity index (χ4v) is 4.87. The number of anilines is 1. The van der Waals surface area contributed by atoms with Crippen molar-refractivity contribution in [1.29, 1.82) is 0 Å².